The number of carbonyl (C=O) groups is 2. The second-order valence-corrected chi connectivity index (χ2v) is 7.60. The van der Waals surface area contributed by atoms with Crippen LogP contribution < -0.4 is 19.7 Å². The SMILES string of the molecule is CCOc1ccc(CCNC(=O)[C@@H]2CC(=O)N(c3ccc(F)c(Cl)c3)C2)cc1OCC. The van der Waals surface area contributed by atoms with Gasteiger partial charge in [0.2, 0.25) is 11.8 Å². The predicted octanol–water partition coefficient (Wildman–Crippen LogP) is 3.99. The maximum atomic E-state index is 13.4. The van der Waals surface area contributed by atoms with Crippen molar-refractivity contribution in [2.75, 3.05) is 31.2 Å². The van der Waals surface area contributed by atoms with Crippen molar-refractivity contribution < 1.29 is 23.5 Å². The number of amides is 2. The molecule has 1 atom stereocenters. The van der Waals surface area contributed by atoms with Crippen molar-refractivity contribution in [3.05, 3.63) is 52.8 Å². The van der Waals surface area contributed by atoms with Gasteiger partial charge in [-0.15, -0.1) is 0 Å². The molecule has 1 N–H and O–H groups in total. The summed E-state index contributed by atoms with van der Waals surface area (Å²) in [7, 11) is 0. The van der Waals surface area contributed by atoms with E-state index in [4.69, 9.17) is 21.1 Å². The molecule has 2 aromatic rings. The van der Waals surface area contributed by atoms with Gasteiger partial charge in [0.1, 0.15) is 5.82 Å². The van der Waals surface area contributed by atoms with Crippen LogP contribution in [0.1, 0.15) is 25.8 Å². The fourth-order valence-electron chi connectivity index (χ4n) is 3.51. The molecule has 1 heterocycles. The first kappa shape index (κ1) is 22.9. The Morgan fingerprint density at radius 3 is 2.61 bits per heavy atom. The molecule has 0 unspecified atom stereocenters. The fourth-order valence-corrected chi connectivity index (χ4v) is 3.69. The largest absolute Gasteiger partial charge is 0.490 e. The molecule has 2 amide bonds. The van der Waals surface area contributed by atoms with Gasteiger partial charge in [0.15, 0.2) is 11.5 Å². The molecule has 6 nitrogen and oxygen atoms in total. The van der Waals surface area contributed by atoms with E-state index < -0.39 is 11.7 Å². The van der Waals surface area contributed by atoms with E-state index >= 15 is 0 Å². The predicted molar refractivity (Wildman–Crippen MR) is 117 cm³/mol. The molecule has 0 saturated carbocycles. The Morgan fingerprint density at radius 2 is 1.90 bits per heavy atom. The highest BCUT2D eigenvalue weighted by Gasteiger charge is 2.35. The second-order valence-electron chi connectivity index (χ2n) is 7.19. The third kappa shape index (κ3) is 5.67. The fraction of sp³-hybridized carbons (Fsp3) is 0.391. The van der Waals surface area contributed by atoms with Crippen molar-refractivity contribution in [2.24, 2.45) is 5.92 Å². The van der Waals surface area contributed by atoms with E-state index in [0.29, 0.717) is 43.4 Å². The molecule has 1 aliphatic rings. The number of ether oxygens (including phenoxy) is 2. The summed E-state index contributed by atoms with van der Waals surface area (Å²) >= 11 is 5.81. The number of rotatable bonds is 9. The zero-order valence-corrected chi connectivity index (χ0v) is 18.4. The molecule has 1 saturated heterocycles. The summed E-state index contributed by atoms with van der Waals surface area (Å²) in [5.41, 5.74) is 1.50. The van der Waals surface area contributed by atoms with Gasteiger partial charge in [-0.05, 0) is 56.2 Å². The minimum atomic E-state index is -0.548. The number of hydrogen-bond donors (Lipinski definition) is 1. The lowest BCUT2D eigenvalue weighted by atomic mass is 10.1. The molecule has 1 fully saturated rings. The Morgan fingerprint density at radius 1 is 1.16 bits per heavy atom. The molecule has 0 aliphatic carbocycles. The molecule has 8 heteroatoms. The summed E-state index contributed by atoms with van der Waals surface area (Å²) in [4.78, 5) is 26.4. The highest BCUT2D eigenvalue weighted by Crippen LogP contribution is 2.30. The van der Waals surface area contributed by atoms with E-state index in [1.165, 1.54) is 23.1 Å². The normalized spacial score (nSPS) is 15.8. The smallest absolute Gasteiger partial charge is 0.227 e. The van der Waals surface area contributed by atoms with Crippen LogP contribution in [0.2, 0.25) is 5.02 Å². The molecule has 0 bridgehead atoms. The maximum absolute atomic E-state index is 13.4. The summed E-state index contributed by atoms with van der Waals surface area (Å²) in [5.74, 6) is 0.00487. The lowest BCUT2D eigenvalue weighted by Crippen LogP contribution is -2.34. The summed E-state index contributed by atoms with van der Waals surface area (Å²) < 4.78 is 24.6. The third-order valence-electron chi connectivity index (χ3n) is 5.03. The molecular formula is C23H26ClFN2O4. The third-order valence-corrected chi connectivity index (χ3v) is 5.32. The van der Waals surface area contributed by atoms with E-state index in [1.54, 1.807) is 0 Å². The van der Waals surface area contributed by atoms with Gasteiger partial charge in [-0.2, -0.15) is 0 Å². The van der Waals surface area contributed by atoms with Crippen molar-refractivity contribution >= 4 is 29.1 Å². The molecule has 3 rings (SSSR count). The molecule has 1 aliphatic heterocycles. The summed E-state index contributed by atoms with van der Waals surface area (Å²) in [6, 6.07) is 9.83. The Hall–Kier alpha value is -2.80. The Labute approximate surface area is 186 Å². The molecule has 166 valence electrons. The Balaban J connectivity index is 1.55. The second kappa shape index (κ2) is 10.5. The standard InChI is InChI=1S/C23H26ClFN2O4/c1-3-30-20-8-5-15(11-21(20)31-4-2)9-10-26-23(29)16-12-22(28)27(14-16)17-6-7-19(25)18(24)13-17/h5-8,11,13,16H,3-4,9-10,12,14H2,1-2H3,(H,26,29)/t16-/m1/s1. The van der Waals surface area contributed by atoms with Gasteiger partial charge >= 0.3 is 0 Å². The monoisotopic (exact) mass is 448 g/mol. The Bertz CT molecular complexity index is 953. The van der Waals surface area contributed by atoms with Crippen molar-refractivity contribution in [1.82, 2.24) is 5.32 Å². The average molecular weight is 449 g/mol. The first-order chi connectivity index (χ1) is 14.9. The number of carbonyl (C=O) groups excluding carboxylic acids is 2. The zero-order valence-electron chi connectivity index (χ0n) is 17.6. The van der Waals surface area contributed by atoms with Crippen LogP contribution in [-0.4, -0.2) is 38.1 Å². The van der Waals surface area contributed by atoms with E-state index in [-0.39, 0.29) is 29.8 Å². The quantitative estimate of drug-likeness (QED) is 0.630. The van der Waals surface area contributed by atoms with Crippen LogP contribution in [0.3, 0.4) is 0 Å². The maximum Gasteiger partial charge on any atom is 0.227 e. The lowest BCUT2D eigenvalue weighted by molar-refractivity contribution is -0.126. The van der Waals surface area contributed by atoms with E-state index in [9.17, 15) is 14.0 Å². The molecule has 31 heavy (non-hydrogen) atoms. The molecule has 0 aromatic heterocycles. The van der Waals surface area contributed by atoms with Crippen LogP contribution in [0.25, 0.3) is 0 Å². The lowest BCUT2D eigenvalue weighted by Gasteiger charge is -2.17. The van der Waals surface area contributed by atoms with Crippen molar-refractivity contribution in [3.8, 4) is 11.5 Å². The summed E-state index contributed by atoms with van der Waals surface area (Å²) in [5, 5.41) is 2.85. The van der Waals surface area contributed by atoms with Crippen molar-refractivity contribution in [1.29, 1.82) is 0 Å². The first-order valence-electron chi connectivity index (χ1n) is 10.3. The molecule has 2 aromatic carbocycles. The molecule has 0 radical (unpaired) electrons. The van der Waals surface area contributed by atoms with Crippen LogP contribution in [-0.2, 0) is 16.0 Å². The van der Waals surface area contributed by atoms with Gasteiger partial charge in [0.25, 0.3) is 0 Å². The van der Waals surface area contributed by atoms with Crippen LogP contribution in [0.15, 0.2) is 36.4 Å². The van der Waals surface area contributed by atoms with Gasteiger partial charge in [-0.3, -0.25) is 9.59 Å². The van der Waals surface area contributed by atoms with Gasteiger partial charge < -0.3 is 19.7 Å². The zero-order chi connectivity index (χ0) is 22.4. The first-order valence-corrected chi connectivity index (χ1v) is 10.7. The van der Waals surface area contributed by atoms with Crippen LogP contribution >= 0.6 is 11.6 Å². The van der Waals surface area contributed by atoms with Crippen LogP contribution in [0, 0.1) is 11.7 Å². The average Bonchev–Trinajstić information content (AvgIpc) is 3.14. The van der Waals surface area contributed by atoms with Gasteiger partial charge in [-0.25, -0.2) is 4.39 Å². The van der Waals surface area contributed by atoms with Crippen LogP contribution in [0.5, 0.6) is 11.5 Å². The van der Waals surface area contributed by atoms with Gasteiger partial charge in [0.05, 0.1) is 24.2 Å². The van der Waals surface area contributed by atoms with Gasteiger partial charge in [0, 0.05) is 25.2 Å². The van der Waals surface area contributed by atoms with Crippen molar-refractivity contribution in [3.63, 3.8) is 0 Å². The van der Waals surface area contributed by atoms with E-state index in [0.717, 1.165) is 5.56 Å². The number of halogens is 2. The number of hydrogen-bond acceptors (Lipinski definition) is 4. The van der Waals surface area contributed by atoms with E-state index in [2.05, 4.69) is 5.32 Å². The minimum absolute atomic E-state index is 0.0556. The molecule has 0 spiro atoms. The molecular weight excluding hydrogens is 423 g/mol. The highest BCUT2D eigenvalue weighted by molar-refractivity contribution is 6.31. The van der Waals surface area contributed by atoms with Gasteiger partial charge in [-0.1, -0.05) is 17.7 Å². The van der Waals surface area contributed by atoms with E-state index in [1.807, 2.05) is 32.0 Å². The number of benzene rings is 2. The number of anilines is 1. The highest BCUT2D eigenvalue weighted by atomic mass is 35.5. The minimum Gasteiger partial charge on any atom is -0.490 e. The number of nitrogens with one attached hydrogen (secondary N) is 1. The summed E-state index contributed by atoms with van der Waals surface area (Å²) in [6.45, 7) is 5.59. The Kier molecular flexibility index (Phi) is 7.74. The number of nitrogens with zero attached hydrogens (tertiary/aromatic N) is 1. The van der Waals surface area contributed by atoms with Crippen LogP contribution in [0.4, 0.5) is 10.1 Å². The van der Waals surface area contributed by atoms with Crippen molar-refractivity contribution in [2.45, 2.75) is 26.7 Å². The topological polar surface area (TPSA) is 67.9 Å². The summed E-state index contributed by atoms with van der Waals surface area (Å²) in [6.07, 6.45) is 0.731.